The van der Waals surface area contributed by atoms with E-state index in [0.29, 0.717) is 29.2 Å². The van der Waals surface area contributed by atoms with Crippen molar-refractivity contribution in [2.45, 2.75) is 0 Å². The van der Waals surface area contributed by atoms with Crippen molar-refractivity contribution < 1.29 is 23.8 Å². The standard InChI is InChI=1S/C21H18FNO4/c1-23(13-21(24)25)10-9-16(17-3-2-4-18(22)12-17)7-5-15-6-8-19-20(11-15)27-14-26-19/h2-4,6,8-9,11-12H,10,13-14H2,1H3,(H,24,25). The second-order valence-corrected chi connectivity index (χ2v) is 6.04. The molecule has 0 amide bonds. The van der Waals surface area contributed by atoms with Crippen LogP contribution in [0.5, 0.6) is 11.5 Å². The number of benzene rings is 2. The fourth-order valence-corrected chi connectivity index (χ4v) is 2.55. The number of rotatable bonds is 5. The van der Waals surface area contributed by atoms with Crippen molar-refractivity contribution in [3.05, 3.63) is 65.5 Å². The molecule has 0 aromatic heterocycles. The topological polar surface area (TPSA) is 59.0 Å². The van der Waals surface area contributed by atoms with Crippen LogP contribution in [0.2, 0.25) is 0 Å². The molecule has 0 radical (unpaired) electrons. The van der Waals surface area contributed by atoms with Crippen LogP contribution in [0.1, 0.15) is 11.1 Å². The minimum atomic E-state index is -0.912. The van der Waals surface area contributed by atoms with Gasteiger partial charge in [0.25, 0.3) is 0 Å². The SMILES string of the molecule is CN(CC=C(C#Cc1ccc2c(c1)OCO2)c1cccc(F)c1)CC(=O)O. The number of hydrogen-bond donors (Lipinski definition) is 1. The lowest BCUT2D eigenvalue weighted by Crippen LogP contribution is -2.25. The molecule has 0 unspecified atom stereocenters. The maximum absolute atomic E-state index is 13.6. The van der Waals surface area contributed by atoms with E-state index >= 15 is 0 Å². The van der Waals surface area contributed by atoms with Crippen molar-refractivity contribution >= 4 is 11.5 Å². The first kappa shape index (κ1) is 18.5. The smallest absolute Gasteiger partial charge is 0.317 e. The summed E-state index contributed by atoms with van der Waals surface area (Å²) < 4.78 is 24.2. The highest BCUT2D eigenvalue weighted by Gasteiger charge is 2.12. The normalized spacial score (nSPS) is 12.6. The Hall–Kier alpha value is -3.30. The minimum Gasteiger partial charge on any atom is -0.480 e. The van der Waals surface area contributed by atoms with E-state index in [-0.39, 0.29) is 19.2 Å². The van der Waals surface area contributed by atoms with E-state index in [9.17, 15) is 9.18 Å². The van der Waals surface area contributed by atoms with E-state index in [1.54, 1.807) is 42.3 Å². The summed E-state index contributed by atoms with van der Waals surface area (Å²) in [5.41, 5.74) is 1.98. The molecule has 2 aromatic carbocycles. The zero-order valence-electron chi connectivity index (χ0n) is 14.7. The molecule has 6 heteroatoms. The summed E-state index contributed by atoms with van der Waals surface area (Å²) in [7, 11) is 1.69. The van der Waals surface area contributed by atoms with Crippen LogP contribution in [-0.4, -0.2) is 42.9 Å². The molecule has 138 valence electrons. The Balaban J connectivity index is 1.87. The molecule has 0 bridgehead atoms. The van der Waals surface area contributed by atoms with E-state index in [2.05, 4.69) is 11.8 Å². The molecule has 27 heavy (non-hydrogen) atoms. The molecule has 0 atom stereocenters. The monoisotopic (exact) mass is 367 g/mol. The summed E-state index contributed by atoms with van der Waals surface area (Å²) in [5, 5.41) is 8.87. The maximum atomic E-state index is 13.6. The number of carbonyl (C=O) groups is 1. The predicted molar refractivity (Wildman–Crippen MR) is 99.0 cm³/mol. The largest absolute Gasteiger partial charge is 0.480 e. The number of halogens is 1. The molecule has 3 rings (SSSR count). The Morgan fingerprint density at radius 3 is 2.85 bits per heavy atom. The number of carboxylic acid groups (broad SMARTS) is 1. The van der Waals surface area contributed by atoms with Gasteiger partial charge in [0, 0.05) is 17.7 Å². The Labute approximate surface area is 156 Å². The van der Waals surface area contributed by atoms with Gasteiger partial charge >= 0.3 is 5.97 Å². The van der Waals surface area contributed by atoms with Crippen molar-refractivity contribution in [1.29, 1.82) is 0 Å². The van der Waals surface area contributed by atoms with Crippen LogP contribution in [0.15, 0.2) is 48.5 Å². The summed E-state index contributed by atoms with van der Waals surface area (Å²) in [6.45, 7) is 0.465. The molecule has 1 heterocycles. The van der Waals surface area contributed by atoms with Gasteiger partial charge in [-0.05, 0) is 42.9 Å². The third-order valence-corrected chi connectivity index (χ3v) is 3.86. The molecular formula is C21H18FNO4. The van der Waals surface area contributed by atoms with Crippen molar-refractivity contribution in [2.75, 3.05) is 26.9 Å². The van der Waals surface area contributed by atoms with Gasteiger partial charge in [-0.1, -0.05) is 30.0 Å². The van der Waals surface area contributed by atoms with Crippen LogP contribution < -0.4 is 9.47 Å². The van der Waals surface area contributed by atoms with Crippen LogP contribution in [0.25, 0.3) is 5.57 Å². The highest BCUT2D eigenvalue weighted by atomic mass is 19.1. The molecule has 0 aliphatic carbocycles. The fraction of sp³-hybridized carbons (Fsp3) is 0.190. The lowest BCUT2D eigenvalue weighted by Gasteiger charge is -2.11. The average Bonchev–Trinajstić information content (AvgIpc) is 3.09. The first-order chi connectivity index (χ1) is 13.0. The van der Waals surface area contributed by atoms with Gasteiger partial charge in [-0.15, -0.1) is 0 Å². The van der Waals surface area contributed by atoms with Gasteiger partial charge in [0.15, 0.2) is 11.5 Å². The summed E-state index contributed by atoms with van der Waals surface area (Å²) >= 11 is 0. The molecular weight excluding hydrogens is 349 g/mol. The minimum absolute atomic E-state index is 0.0947. The quantitative estimate of drug-likeness (QED) is 0.824. The Kier molecular flexibility index (Phi) is 5.74. The Morgan fingerprint density at radius 2 is 2.07 bits per heavy atom. The van der Waals surface area contributed by atoms with Gasteiger partial charge in [-0.25, -0.2) is 4.39 Å². The van der Waals surface area contributed by atoms with Crippen molar-refractivity contribution in [3.63, 3.8) is 0 Å². The molecule has 0 spiro atoms. The van der Waals surface area contributed by atoms with Gasteiger partial charge < -0.3 is 14.6 Å². The average molecular weight is 367 g/mol. The third kappa shape index (κ3) is 5.09. The number of fused-ring (bicyclic) bond motifs is 1. The Bertz CT molecular complexity index is 943. The predicted octanol–water partition coefficient (Wildman–Crippen LogP) is 3.01. The number of nitrogens with zero attached hydrogens (tertiary/aromatic N) is 1. The molecule has 0 saturated carbocycles. The van der Waals surface area contributed by atoms with Crippen molar-refractivity contribution in [1.82, 2.24) is 4.90 Å². The van der Waals surface area contributed by atoms with Gasteiger partial charge in [0.2, 0.25) is 6.79 Å². The number of aliphatic carboxylic acids is 1. The zero-order chi connectivity index (χ0) is 19.2. The second-order valence-electron chi connectivity index (χ2n) is 6.04. The maximum Gasteiger partial charge on any atom is 0.317 e. The number of likely N-dealkylation sites (N-methyl/N-ethyl adjacent to an activating group) is 1. The lowest BCUT2D eigenvalue weighted by molar-refractivity contribution is -0.137. The number of ether oxygens (including phenoxy) is 2. The number of hydrogen-bond acceptors (Lipinski definition) is 4. The second kappa shape index (κ2) is 8.39. The summed E-state index contributed by atoms with van der Waals surface area (Å²) in [6.07, 6.45) is 1.79. The zero-order valence-corrected chi connectivity index (χ0v) is 14.7. The first-order valence-electron chi connectivity index (χ1n) is 8.29. The van der Waals surface area contributed by atoms with E-state index in [1.807, 2.05) is 6.07 Å². The van der Waals surface area contributed by atoms with Gasteiger partial charge in [0.05, 0.1) is 6.54 Å². The van der Waals surface area contributed by atoms with Crippen LogP contribution >= 0.6 is 0 Å². The highest BCUT2D eigenvalue weighted by molar-refractivity contribution is 5.80. The lowest BCUT2D eigenvalue weighted by atomic mass is 10.0. The van der Waals surface area contributed by atoms with E-state index in [1.165, 1.54) is 12.1 Å². The highest BCUT2D eigenvalue weighted by Crippen LogP contribution is 2.32. The van der Waals surface area contributed by atoms with E-state index in [4.69, 9.17) is 14.6 Å². The fourth-order valence-electron chi connectivity index (χ4n) is 2.55. The molecule has 5 nitrogen and oxygen atoms in total. The van der Waals surface area contributed by atoms with E-state index < -0.39 is 5.97 Å². The number of carboxylic acids is 1. The summed E-state index contributed by atoms with van der Waals surface area (Å²) in [6, 6.07) is 11.5. The molecule has 0 fully saturated rings. The molecule has 1 aliphatic rings. The number of allylic oxidation sites excluding steroid dienone is 1. The molecule has 1 aliphatic heterocycles. The summed E-state index contributed by atoms with van der Waals surface area (Å²) in [4.78, 5) is 12.4. The summed E-state index contributed by atoms with van der Waals surface area (Å²) in [5.74, 6) is 6.14. The van der Waals surface area contributed by atoms with Crippen molar-refractivity contribution in [2.24, 2.45) is 0 Å². The van der Waals surface area contributed by atoms with Crippen LogP contribution in [0.4, 0.5) is 4.39 Å². The van der Waals surface area contributed by atoms with Crippen molar-refractivity contribution in [3.8, 4) is 23.3 Å². The van der Waals surface area contributed by atoms with Gasteiger partial charge in [-0.2, -0.15) is 0 Å². The van der Waals surface area contributed by atoms with Crippen LogP contribution in [0, 0.1) is 17.7 Å². The molecule has 2 aromatic rings. The molecule has 0 saturated heterocycles. The molecule has 1 N–H and O–H groups in total. The van der Waals surface area contributed by atoms with Crippen LogP contribution in [0.3, 0.4) is 0 Å². The first-order valence-corrected chi connectivity index (χ1v) is 8.29. The van der Waals surface area contributed by atoms with Gasteiger partial charge in [-0.3, -0.25) is 9.69 Å². The van der Waals surface area contributed by atoms with E-state index in [0.717, 1.165) is 5.56 Å². The Morgan fingerprint density at radius 1 is 1.26 bits per heavy atom. The van der Waals surface area contributed by atoms with Gasteiger partial charge in [0.1, 0.15) is 5.82 Å². The third-order valence-electron chi connectivity index (χ3n) is 3.86. The van der Waals surface area contributed by atoms with Crippen LogP contribution in [-0.2, 0) is 4.79 Å².